The number of anilines is 4. The van der Waals surface area contributed by atoms with E-state index in [1.807, 2.05) is 20.8 Å². The maximum atomic E-state index is 14.1. The van der Waals surface area contributed by atoms with E-state index in [0.29, 0.717) is 79.0 Å². The van der Waals surface area contributed by atoms with Crippen LogP contribution in [0.3, 0.4) is 0 Å². The molecule has 12 N–H and O–H groups in total. The summed E-state index contributed by atoms with van der Waals surface area (Å²) in [5.74, 6) is -0.922. The Bertz CT molecular complexity index is 2800. The molecule has 0 aliphatic rings. The maximum Gasteiger partial charge on any atom is 0.323 e. The zero-order valence-electron chi connectivity index (χ0n) is 56.2. The van der Waals surface area contributed by atoms with Crippen molar-refractivity contribution in [3.8, 4) is 0 Å². The number of nitrogens with one attached hydrogen (secondary N) is 6. The highest BCUT2D eigenvalue weighted by atomic mass is 35.5. The number of nitrogens with two attached hydrogens (primary N) is 3. The van der Waals surface area contributed by atoms with E-state index >= 15 is 0 Å². The molecule has 29 nitrogen and oxygen atoms in total. The molecule has 0 unspecified atom stereocenters. The molecular weight excluding hydrogens is 1250 g/mol. The third-order valence-electron chi connectivity index (χ3n) is 13.5. The van der Waals surface area contributed by atoms with Gasteiger partial charge in [0.05, 0.1) is 52.3 Å². The van der Waals surface area contributed by atoms with Gasteiger partial charge >= 0.3 is 23.9 Å². The Morgan fingerprint density at radius 1 is 0.522 bits per heavy atom. The van der Waals surface area contributed by atoms with Crippen LogP contribution in [0.5, 0.6) is 0 Å². The van der Waals surface area contributed by atoms with Crippen molar-refractivity contribution in [3.63, 3.8) is 0 Å². The summed E-state index contributed by atoms with van der Waals surface area (Å²) in [5.41, 5.74) is 19.2. The Hall–Kier alpha value is -5.87. The number of fused-ring (bicyclic) bond motifs is 2. The lowest BCUT2D eigenvalue weighted by molar-refractivity contribution is -0.146. The highest BCUT2D eigenvalue weighted by Gasteiger charge is 2.35. The number of carbonyl (C=O) groups is 4. The van der Waals surface area contributed by atoms with E-state index in [2.05, 4.69) is 94.8 Å². The normalized spacial score (nSPS) is 13.0. The summed E-state index contributed by atoms with van der Waals surface area (Å²) in [4.78, 5) is 76.4. The second-order valence-electron chi connectivity index (χ2n) is 21.7. The summed E-state index contributed by atoms with van der Waals surface area (Å²) >= 11 is 0. The highest BCUT2D eigenvalue weighted by Crippen LogP contribution is 2.39. The number of halogens is 1. The van der Waals surface area contributed by atoms with Gasteiger partial charge in [0.1, 0.15) is 36.9 Å². The average Bonchev–Trinajstić information content (AvgIpc) is 1.77. The number of carbonyl (C=O) groups excluding carboxylic acids is 4. The van der Waals surface area contributed by atoms with Gasteiger partial charge in [0, 0.05) is 32.2 Å². The van der Waals surface area contributed by atoms with Crippen LogP contribution in [0.15, 0.2) is 38.0 Å². The number of hydrogen-bond acceptors (Lipinski definition) is 23. The van der Waals surface area contributed by atoms with E-state index in [4.69, 9.17) is 45.6 Å². The van der Waals surface area contributed by atoms with Crippen molar-refractivity contribution in [1.29, 1.82) is 0 Å². The molecule has 32 heteroatoms. The molecule has 4 rings (SSSR count). The van der Waals surface area contributed by atoms with Gasteiger partial charge in [-0.25, -0.2) is 30.3 Å². The lowest BCUT2D eigenvalue weighted by Gasteiger charge is -2.28. The average molecular weight is 1360 g/mol. The SMILES string of the molecule is C=CCNc1nc(N)nc2c1ncn2CCOCP(=O)(N[C@@H](C)C(=O)OCCCCCC)N[C@@H](C)C(=O)OCCCCCC.C=CCNc1nc(N)nc2c1ncn2CCOCP(=O)(N[C@@H](CC)C(=O)OCCCC)N[C@@H](CC)C(=O)OCCCC.CC[C@@H](C)N.Cl. The van der Waals surface area contributed by atoms with E-state index in [-0.39, 0.29) is 76.6 Å². The molecule has 92 heavy (non-hydrogen) atoms. The Morgan fingerprint density at radius 3 is 1.21 bits per heavy atom. The predicted octanol–water partition coefficient (Wildman–Crippen LogP) is 9.14. The molecule has 0 fully saturated rings. The first kappa shape index (κ1) is 84.1. The first-order valence-corrected chi connectivity index (χ1v) is 35.9. The van der Waals surface area contributed by atoms with Crippen LogP contribution in [0.25, 0.3) is 22.3 Å². The second kappa shape index (κ2) is 47.9. The molecule has 0 bridgehead atoms. The minimum absolute atomic E-state index is 0. The Balaban J connectivity index is 0.000000848. The van der Waals surface area contributed by atoms with Gasteiger partial charge < -0.3 is 65.4 Å². The monoisotopic (exact) mass is 1360 g/mol. The van der Waals surface area contributed by atoms with Crippen LogP contribution in [0.2, 0.25) is 0 Å². The summed E-state index contributed by atoms with van der Waals surface area (Å²) in [7, 11) is -7.28. The van der Waals surface area contributed by atoms with Crippen molar-refractivity contribution in [2.45, 2.75) is 209 Å². The maximum absolute atomic E-state index is 14.1. The first-order valence-electron chi connectivity index (χ1n) is 32.1. The summed E-state index contributed by atoms with van der Waals surface area (Å²) in [6, 6.07) is -3.12. The Morgan fingerprint density at radius 2 is 0.870 bits per heavy atom. The minimum atomic E-state index is -3.65. The van der Waals surface area contributed by atoms with E-state index < -0.39 is 62.9 Å². The number of aromatic nitrogens is 8. The number of esters is 4. The molecule has 524 valence electrons. The van der Waals surface area contributed by atoms with Crippen molar-refractivity contribution in [2.24, 2.45) is 5.73 Å². The molecule has 0 radical (unpaired) electrons. The van der Waals surface area contributed by atoms with Crippen molar-refractivity contribution in [3.05, 3.63) is 38.0 Å². The molecular formula is C60H110ClN17O12P2. The molecule has 0 spiro atoms. The molecule has 4 aromatic rings. The summed E-state index contributed by atoms with van der Waals surface area (Å²) < 4.78 is 64.8. The molecule has 0 amide bonds. The molecule has 0 aliphatic heterocycles. The van der Waals surface area contributed by atoms with Crippen molar-refractivity contribution in [1.82, 2.24) is 59.4 Å². The van der Waals surface area contributed by atoms with Crippen LogP contribution in [-0.4, -0.2) is 159 Å². The Labute approximate surface area is 550 Å². The number of ether oxygens (including phenoxy) is 6. The number of imidazole rings is 2. The third-order valence-corrected chi connectivity index (χ3v) is 17.7. The fraction of sp³-hybridized carbons (Fsp3) is 0.700. The quantitative estimate of drug-likeness (QED) is 0.00654. The molecule has 4 heterocycles. The number of hydrogen-bond donors (Lipinski definition) is 9. The minimum Gasteiger partial charge on any atom is -0.465 e. The van der Waals surface area contributed by atoms with Gasteiger partial charge in [0.25, 0.3) is 0 Å². The second-order valence-corrected chi connectivity index (χ2v) is 26.2. The first-order chi connectivity index (χ1) is 43.6. The molecule has 0 aromatic carbocycles. The predicted molar refractivity (Wildman–Crippen MR) is 366 cm³/mol. The standard InChI is InChI=1S/C29H51N8O6P.C27H47N8O6P.C4H11N.ClH/c1-6-9-11-13-17-42-27(38)22(4)35-44(40,36-23(5)28(39)43-18-14-12-10-7-2)21-41-19-16-37-20-32-24-25(31-15-8-3)33-29(30)34-26(24)37;1-6-11-15-40-25(36)20(9-4)33-42(38,34-21(10-5)26(37)41-16-12-7-2)19-39-17-14-35-18-30-22-23(29-13-8-3)31-27(28)32-24(22)35;1-3-4(2)5;/h8,20,22-23H,3,6-7,9-19,21H2,1-2,4-5H3,(H2,35,36,40)(H3,30,31,33,34);8,18,20-21H,3,6-7,9-17,19H2,1-2,4-5H3,(H2,33,34,38)(H3,28,29,31,32);4H,3,5H2,1-2H3;1H/t22-,23-;20-,21-;4-;/m001./s1. The molecule has 5 atom stereocenters. The van der Waals surface area contributed by atoms with E-state index in [1.165, 1.54) is 0 Å². The lowest BCUT2D eigenvalue weighted by Crippen LogP contribution is -2.44. The molecule has 4 aromatic heterocycles. The molecule has 0 saturated heterocycles. The van der Waals surface area contributed by atoms with Crippen LogP contribution in [0, 0.1) is 0 Å². The van der Waals surface area contributed by atoms with E-state index in [1.54, 1.807) is 61.6 Å². The van der Waals surface area contributed by atoms with Crippen LogP contribution < -0.4 is 48.2 Å². The van der Waals surface area contributed by atoms with Gasteiger partial charge in [-0.3, -0.25) is 28.3 Å². The smallest absolute Gasteiger partial charge is 0.323 e. The summed E-state index contributed by atoms with van der Waals surface area (Å²) in [6.07, 6.45) is 18.7. The van der Waals surface area contributed by atoms with Crippen molar-refractivity contribution >= 4 is 97.0 Å². The van der Waals surface area contributed by atoms with Crippen LogP contribution >= 0.6 is 27.3 Å². The van der Waals surface area contributed by atoms with Crippen molar-refractivity contribution in [2.75, 3.05) is 87.5 Å². The van der Waals surface area contributed by atoms with Gasteiger partial charge in [-0.2, -0.15) is 19.9 Å². The zero-order valence-corrected chi connectivity index (χ0v) is 58.8. The van der Waals surface area contributed by atoms with Crippen LogP contribution in [0.4, 0.5) is 23.5 Å². The number of nitrogens with zero attached hydrogens (tertiary/aromatic N) is 8. The molecule has 0 aliphatic carbocycles. The van der Waals surface area contributed by atoms with Gasteiger partial charge in [0.2, 0.25) is 26.8 Å². The zero-order chi connectivity index (χ0) is 67.6. The van der Waals surface area contributed by atoms with Gasteiger partial charge in [-0.05, 0) is 65.7 Å². The largest absolute Gasteiger partial charge is 0.465 e. The van der Waals surface area contributed by atoms with Gasteiger partial charge in [-0.1, -0.05) is 112 Å². The van der Waals surface area contributed by atoms with Gasteiger partial charge in [0.15, 0.2) is 34.0 Å². The van der Waals surface area contributed by atoms with Gasteiger partial charge in [-0.15, -0.1) is 25.6 Å². The fourth-order valence-corrected chi connectivity index (χ4v) is 12.4. The van der Waals surface area contributed by atoms with E-state index in [9.17, 15) is 28.3 Å². The lowest BCUT2D eigenvalue weighted by atomic mass is 10.2. The Kier molecular flexibility index (Phi) is 43.8. The van der Waals surface area contributed by atoms with Crippen LogP contribution in [-0.2, 0) is 69.8 Å². The summed E-state index contributed by atoms with van der Waals surface area (Å²) in [5, 5.41) is 17.7. The van der Waals surface area contributed by atoms with Crippen LogP contribution in [0.1, 0.15) is 166 Å². The molecule has 0 saturated carbocycles. The number of nitrogen functional groups attached to an aromatic ring is 2. The van der Waals surface area contributed by atoms with E-state index in [0.717, 1.165) is 83.5 Å². The third kappa shape index (κ3) is 32.3. The number of rotatable bonds is 47. The topological polar surface area (TPSA) is 395 Å². The fourth-order valence-electron chi connectivity index (χ4n) is 8.11. The highest BCUT2D eigenvalue weighted by molar-refractivity contribution is 7.60. The summed E-state index contributed by atoms with van der Waals surface area (Å²) in [6.45, 7) is 29.4. The van der Waals surface area contributed by atoms with Crippen molar-refractivity contribution < 1.29 is 56.7 Å². The number of unbranched alkanes of at least 4 members (excludes halogenated alkanes) is 8.